The molecule has 0 amide bonds. The first-order chi connectivity index (χ1) is 7.27. The van der Waals surface area contributed by atoms with Crippen LogP contribution in [-0.2, 0) is 0 Å². The Morgan fingerprint density at radius 1 is 1.33 bits per heavy atom. The molecule has 0 N–H and O–H groups in total. The maximum Gasteiger partial charge on any atom is 0.0169 e. The van der Waals surface area contributed by atoms with Crippen molar-refractivity contribution in [3.05, 3.63) is 36.5 Å². The van der Waals surface area contributed by atoms with Crippen molar-refractivity contribution in [3.8, 4) is 0 Å². The summed E-state index contributed by atoms with van der Waals surface area (Å²) in [5.41, 5.74) is 1.23. The van der Waals surface area contributed by atoms with Crippen LogP contribution < -0.4 is 0 Å². The summed E-state index contributed by atoms with van der Waals surface area (Å²) >= 11 is 0. The molecule has 0 spiro atoms. The van der Waals surface area contributed by atoms with Crippen molar-refractivity contribution in [2.24, 2.45) is 0 Å². The molecule has 0 saturated carbocycles. The van der Waals surface area contributed by atoms with Crippen LogP contribution in [0.15, 0.2) is 36.5 Å². The molecule has 0 atom stereocenters. The number of nitrogens with zero attached hydrogens (tertiary/aromatic N) is 1. The first-order valence-electron chi connectivity index (χ1n) is 6.03. The van der Waals surface area contributed by atoms with Crippen LogP contribution >= 0.6 is 0 Å². The number of allylic oxidation sites excluding steroid dienone is 3. The van der Waals surface area contributed by atoms with Gasteiger partial charge in [0, 0.05) is 19.1 Å². The molecule has 0 saturated heterocycles. The average Bonchev–Trinajstić information content (AvgIpc) is 2.34. The first kappa shape index (κ1) is 12.3. The molecule has 1 nitrogen and oxygen atoms in total. The molecule has 1 heteroatoms. The van der Waals surface area contributed by atoms with Crippen LogP contribution in [0, 0.1) is 0 Å². The SMILES string of the molecule is C=C1/C=C\C=C/CN(C(CC)CC)CC1. The van der Waals surface area contributed by atoms with Crippen molar-refractivity contribution in [2.75, 3.05) is 13.1 Å². The van der Waals surface area contributed by atoms with Gasteiger partial charge in [0.2, 0.25) is 0 Å². The van der Waals surface area contributed by atoms with Crippen LogP contribution in [0.4, 0.5) is 0 Å². The molecule has 1 heterocycles. The standard InChI is InChI=1S/C14H23N/c1-4-14(5-2)15-11-8-6-7-9-13(3)10-12-15/h6-9,14H,3-5,10-12H2,1-2H3/b8-6-,9-7-. The quantitative estimate of drug-likeness (QED) is 0.681. The van der Waals surface area contributed by atoms with E-state index in [-0.39, 0.29) is 0 Å². The predicted molar refractivity (Wildman–Crippen MR) is 68.0 cm³/mol. The normalized spacial score (nSPS) is 23.3. The second kappa shape index (κ2) is 6.62. The van der Waals surface area contributed by atoms with E-state index in [4.69, 9.17) is 0 Å². The molecule has 0 aliphatic carbocycles. The van der Waals surface area contributed by atoms with Crippen LogP contribution in [0.2, 0.25) is 0 Å². The fourth-order valence-corrected chi connectivity index (χ4v) is 2.07. The zero-order chi connectivity index (χ0) is 11.1. The van der Waals surface area contributed by atoms with Crippen LogP contribution in [0.25, 0.3) is 0 Å². The summed E-state index contributed by atoms with van der Waals surface area (Å²) in [7, 11) is 0. The van der Waals surface area contributed by atoms with Gasteiger partial charge in [-0.3, -0.25) is 4.90 Å². The van der Waals surface area contributed by atoms with Gasteiger partial charge in [-0.2, -0.15) is 0 Å². The Bertz CT molecular complexity index is 246. The molecular weight excluding hydrogens is 182 g/mol. The summed E-state index contributed by atoms with van der Waals surface area (Å²) in [6.07, 6.45) is 12.2. The van der Waals surface area contributed by atoms with Gasteiger partial charge in [-0.25, -0.2) is 0 Å². The van der Waals surface area contributed by atoms with Crippen molar-refractivity contribution >= 4 is 0 Å². The highest BCUT2D eigenvalue weighted by atomic mass is 15.1. The van der Waals surface area contributed by atoms with Crippen molar-refractivity contribution < 1.29 is 0 Å². The Labute approximate surface area is 94.2 Å². The van der Waals surface area contributed by atoms with Crippen LogP contribution in [0.1, 0.15) is 33.1 Å². The van der Waals surface area contributed by atoms with Crippen molar-refractivity contribution in [1.82, 2.24) is 4.90 Å². The molecule has 0 radical (unpaired) electrons. The second-order valence-corrected chi connectivity index (χ2v) is 4.16. The summed E-state index contributed by atoms with van der Waals surface area (Å²) in [6.45, 7) is 10.8. The minimum Gasteiger partial charge on any atom is -0.296 e. The third-order valence-electron chi connectivity index (χ3n) is 3.10. The molecule has 0 fully saturated rings. The first-order valence-corrected chi connectivity index (χ1v) is 6.03. The van der Waals surface area contributed by atoms with E-state index in [2.05, 4.69) is 49.6 Å². The minimum atomic E-state index is 0.723. The van der Waals surface area contributed by atoms with Crippen LogP contribution in [0.3, 0.4) is 0 Å². The largest absolute Gasteiger partial charge is 0.296 e. The molecule has 1 rings (SSSR count). The molecule has 1 aliphatic rings. The highest BCUT2D eigenvalue weighted by Gasteiger charge is 2.13. The Balaban J connectivity index is 2.61. The number of rotatable bonds is 3. The Morgan fingerprint density at radius 3 is 2.73 bits per heavy atom. The van der Waals surface area contributed by atoms with Crippen molar-refractivity contribution in [3.63, 3.8) is 0 Å². The Kier molecular flexibility index (Phi) is 5.41. The van der Waals surface area contributed by atoms with Gasteiger partial charge in [0.05, 0.1) is 0 Å². The fourth-order valence-electron chi connectivity index (χ4n) is 2.07. The van der Waals surface area contributed by atoms with Gasteiger partial charge in [-0.05, 0) is 19.3 Å². The monoisotopic (exact) mass is 205 g/mol. The highest BCUT2D eigenvalue weighted by molar-refractivity contribution is 5.20. The van der Waals surface area contributed by atoms with Crippen molar-refractivity contribution in [1.29, 1.82) is 0 Å². The lowest BCUT2D eigenvalue weighted by molar-refractivity contribution is 0.209. The summed E-state index contributed by atoms with van der Waals surface area (Å²) in [4.78, 5) is 2.56. The summed E-state index contributed by atoms with van der Waals surface area (Å²) in [6, 6.07) is 0.723. The van der Waals surface area contributed by atoms with E-state index in [1.54, 1.807) is 0 Å². The van der Waals surface area contributed by atoms with Gasteiger partial charge in [0.15, 0.2) is 0 Å². The average molecular weight is 205 g/mol. The lowest BCUT2D eigenvalue weighted by Crippen LogP contribution is -2.35. The molecule has 0 bridgehead atoms. The summed E-state index contributed by atoms with van der Waals surface area (Å²) < 4.78 is 0. The van der Waals surface area contributed by atoms with E-state index in [9.17, 15) is 0 Å². The molecule has 15 heavy (non-hydrogen) atoms. The van der Waals surface area contributed by atoms with Gasteiger partial charge < -0.3 is 0 Å². The van der Waals surface area contributed by atoms with Gasteiger partial charge in [-0.1, -0.05) is 50.3 Å². The van der Waals surface area contributed by atoms with Gasteiger partial charge in [-0.15, -0.1) is 0 Å². The lowest BCUT2D eigenvalue weighted by atomic mass is 10.1. The molecule has 0 unspecified atom stereocenters. The Morgan fingerprint density at radius 2 is 2.07 bits per heavy atom. The zero-order valence-electron chi connectivity index (χ0n) is 10.1. The van der Waals surface area contributed by atoms with E-state index in [1.807, 2.05) is 0 Å². The maximum absolute atomic E-state index is 4.06. The Hall–Kier alpha value is -0.820. The molecule has 84 valence electrons. The molecule has 0 aromatic rings. The molecule has 0 aromatic heterocycles. The van der Waals surface area contributed by atoms with E-state index in [0.29, 0.717) is 0 Å². The summed E-state index contributed by atoms with van der Waals surface area (Å²) in [5, 5.41) is 0. The third kappa shape index (κ3) is 4.05. The van der Waals surface area contributed by atoms with Crippen LogP contribution in [-0.4, -0.2) is 24.0 Å². The van der Waals surface area contributed by atoms with E-state index in [0.717, 1.165) is 25.6 Å². The third-order valence-corrected chi connectivity index (χ3v) is 3.10. The van der Waals surface area contributed by atoms with E-state index < -0.39 is 0 Å². The second-order valence-electron chi connectivity index (χ2n) is 4.16. The molecular formula is C14H23N. The van der Waals surface area contributed by atoms with Gasteiger partial charge in [0.1, 0.15) is 0 Å². The smallest absolute Gasteiger partial charge is 0.0169 e. The highest BCUT2D eigenvalue weighted by Crippen LogP contribution is 2.12. The maximum atomic E-state index is 4.06. The lowest BCUT2D eigenvalue weighted by Gasteiger charge is -2.29. The topological polar surface area (TPSA) is 3.24 Å². The van der Waals surface area contributed by atoms with Crippen molar-refractivity contribution in [2.45, 2.75) is 39.2 Å². The van der Waals surface area contributed by atoms with E-state index in [1.165, 1.54) is 18.4 Å². The predicted octanol–water partition coefficient (Wildman–Crippen LogP) is 3.55. The minimum absolute atomic E-state index is 0.723. The fraction of sp³-hybridized carbons (Fsp3) is 0.571. The molecule has 1 aliphatic heterocycles. The number of hydrogen-bond donors (Lipinski definition) is 0. The summed E-state index contributed by atoms with van der Waals surface area (Å²) in [5.74, 6) is 0. The van der Waals surface area contributed by atoms with E-state index >= 15 is 0 Å². The zero-order valence-corrected chi connectivity index (χ0v) is 10.1. The van der Waals surface area contributed by atoms with Gasteiger partial charge >= 0.3 is 0 Å². The number of hydrogen-bond acceptors (Lipinski definition) is 1. The van der Waals surface area contributed by atoms with Gasteiger partial charge in [0.25, 0.3) is 0 Å². The van der Waals surface area contributed by atoms with Crippen LogP contribution in [0.5, 0.6) is 0 Å². The molecule has 0 aromatic carbocycles.